The standard InChI is InChI=1S/C10H11N3O2S/c1-8(14)12-9-2-4-10(5-3-9)15-13-11-6-7-16-13/h2-7,11H,1H3,(H,12,14). The normalized spacial score (nSPS) is 14.6. The van der Waals surface area contributed by atoms with Crippen LogP contribution in [0.4, 0.5) is 5.69 Å². The molecule has 0 spiro atoms. The van der Waals surface area contributed by atoms with Gasteiger partial charge < -0.3 is 10.2 Å². The Morgan fingerprint density at radius 1 is 1.44 bits per heavy atom. The van der Waals surface area contributed by atoms with E-state index in [4.69, 9.17) is 4.84 Å². The van der Waals surface area contributed by atoms with Crippen LogP contribution in [-0.4, -0.2) is 10.5 Å². The molecule has 1 aromatic rings. The molecule has 0 fully saturated rings. The number of benzene rings is 1. The summed E-state index contributed by atoms with van der Waals surface area (Å²) in [6.45, 7) is 1.47. The Bertz CT molecular complexity index is 397. The quantitative estimate of drug-likeness (QED) is 0.786. The van der Waals surface area contributed by atoms with Gasteiger partial charge in [0.15, 0.2) is 5.75 Å². The molecule has 84 valence electrons. The van der Waals surface area contributed by atoms with Gasteiger partial charge in [-0.1, -0.05) is 0 Å². The van der Waals surface area contributed by atoms with Crippen LogP contribution in [0.25, 0.3) is 0 Å². The van der Waals surface area contributed by atoms with Gasteiger partial charge in [-0.25, -0.2) is 0 Å². The highest BCUT2D eigenvalue weighted by Crippen LogP contribution is 2.21. The summed E-state index contributed by atoms with van der Waals surface area (Å²) in [5.41, 5.74) is 3.63. The molecule has 0 bridgehead atoms. The maximum absolute atomic E-state index is 10.8. The summed E-state index contributed by atoms with van der Waals surface area (Å²) >= 11 is 1.40. The third kappa shape index (κ3) is 2.91. The van der Waals surface area contributed by atoms with E-state index in [1.54, 1.807) is 30.5 Å². The zero-order valence-corrected chi connectivity index (χ0v) is 9.45. The highest BCUT2D eigenvalue weighted by molar-refractivity contribution is 7.99. The number of anilines is 1. The van der Waals surface area contributed by atoms with Gasteiger partial charge in [-0.05, 0) is 24.3 Å². The minimum atomic E-state index is -0.0883. The second-order valence-electron chi connectivity index (χ2n) is 3.09. The van der Waals surface area contributed by atoms with Crippen molar-refractivity contribution in [2.75, 3.05) is 5.32 Å². The Morgan fingerprint density at radius 3 is 2.75 bits per heavy atom. The van der Waals surface area contributed by atoms with Crippen molar-refractivity contribution >= 4 is 23.5 Å². The van der Waals surface area contributed by atoms with Crippen LogP contribution in [0.5, 0.6) is 5.75 Å². The number of hydrogen-bond acceptors (Lipinski definition) is 5. The van der Waals surface area contributed by atoms with Crippen molar-refractivity contribution in [1.29, 1.82) is 0 Å². The van der Waals surface area contributed by atoms with Crippen molar-refractivity contribution < 1.29 is 9.63 Å². The predicted molar refractivity (Wildman–Crippen MR) is 63.1 cm³/mol. The molecule has 16 heavy (non-hydrogen) atoms. The van der Waals surface area contributed by atoms with Crippen LogP contribution in [0.3, 0.4) is 0 Å². The lowest BCUT2D eigenvalue weighted by atomic mass is 10.3. The van der Waals surface area contributed by atoms with Crippen LogP contribution in [0.15, 0.2) is 35.9 Å². The first-order chi connectivity index (χ1) is 7.74. The largest absolute Gasteiger partial charge is 0.375 e. The van der Waals surface area contributed by atoms with E-state index in [2.05, 4.69) is 10.7 Å². The van der Waals surface area contributed by atoms with E-state index in [0.717, 1.165) is 5.69 Å². The van der Waals surface area contributed by atoms with Crippen molar-refractivity contribution in [3.8, 4) is 5.75 Å². The Balaban J connectivity index is 1.93. The lowest BCUT2D eigenvalue weighted by Crippen LogP contribution is -2.26. The number of nitrogens with one attached hydrogen (secondary N) is 2. The average Bonchev–Trinajstić information content (AvgIpc) is 2.73. The van der Waals surface area contributed by atoms with E-state index in [9.17, 15) is 4.79 Å². The van der Waals surface area contributed by atoms with E-state index in [1.807, 2.05) is 5.41 Å². The number of carbonyl (C=O) groups is 1. The molecule has 1 aromatic carbocycles. The molecular weight excluding hydrogens is 226 g/mol. The molecule has 2 N–H and O–H groups in total. The number of hydrazine groups is 1. The Morgan fingerprint density at radius 2 is 2.19 bits per heavy atom. The molecule has 1 amide bonds. The lowest BCUT2D eigenvalue weighted by Gasteiger charge is -2.14. The predicted octanol–water partition coefficient (Wildman–Crippen LogP) is 1.88. The maximum Gasteiger partial charge on any atom is 0.221 e. The molecule has 0 aliphatic carbocycles. The fraction of sp³-hybridized carbons (Fsp3) is 0.100. The molecule has 6 heteroatoms. The van der Waals surface area contributed by atoms with E-state index >= 15 is 0 Å². The summed E-state index contributed by atoms with van der Waals surface area (Å²) in [5, 5.41) is 4.55. The minimum Gasteiger partial charge on any atom is -0.375 e. The fourth-order valence-corrected chi connectivity index (χ4v) is 1.64. The van der Waals surface area contributed by atoms with Crippen LogP contribution in [0.1, 0.15) is 6.92 Å². The third-order valence-electron chi connectivity index (χ3n) is 1.77. The summed E-state index contributed by atoms with van der Waals surface area (Å²) in [6, 6.07) is 7.13. The first kappa shape index (κ1) is 10.8. The van der Waals surface area contributed by atoms with E-state index < -0.39 is 0 Å². The molecule has 0 saturated heterocycles. The van der Waals surface area contributed by atoms with Crippen molar-refractivity contribution in [3.63, 3.8) is 0 Å². The molecule has 0 unspecified atom stereocenters. The molecule has 5 nitrogen and oxygen atoms in total. The van der Waals surface area contributed by atoms with Gasteiger partial charge in [-0.15, -0.1) is 0 Å². The Labute approximate surface area is 97.5 Å². The van der Waals surface area contributed by atoms with E-state index in [1.165, 1.54) is 23.4 Å². The van der Waals surface area contributed by atoms with E-state index in [0.29, 0.717) is 5.75 Å². The van der Waals surface area contributed by atoms with Crippen LogP contribution < -0.4 is 15.6 Å². The van der Waals surface area contributed by atoms with Gasteiger partial charge in [0, 0.05) is 40.7 Å². The Kier molecular flexibility index (Phi) is 3.33. The van der Waals surface area contributed by atoms with Crippen molar-refractivity contribution in [2.24, 2.45) is 0 Å². The zero-order valence-electron chi connectivity index (χ0n) is 8.64. The van der Waals surface area contributed by atoms with Crippen molar-refractivity contribution in [3.05, 3.63) is 35.9 Å². The number of rotatable bonds is 3. The molecule has 1 aliphatic heterocycles. The maximum atomic E-state index is 10.8. The number of amides is 1. The molecule has 1 aliphatic rings. The highest BCUT2D eigenvalue weighted by atomic mass is 32.2. The summed E-state index contributed by atoms with van der Waals surface area (Å²) in [7, 11) is 0. The molecule has 0 radical (unpaired) electrons. The average molecular weight is 237 g/mol. The molecule has 1 heterocycles. The fourth-order valence-electron chi connectivity index (χ4n) is 1.15. The molecule has 2 rings (SSSR count). The lowest BCUT2D eigenvalue weighted by molar-refractivity contribution is -0.114. The Hall–Kier alpha value is -1.66. The SMILES string of the molecule is CC(=O)Nc1ccc(ON2NC=CS2)cc1. The monoisotopic (exact) mass is 237 g/mol. The summed E-state index contributed by atoms with van der Waals surface area (Å²) < 4.78 is 1.52. The van der Waals surface area contributed by atoms with Crippen LogP contribution in [-0.2, 0) is 4.79 Å². The first-order valence-corrected chi connectivity index (χ1v) is 5.51. The highest BCUT2D eigenvalue weighted by Gasteiger charge is 2.08. The number of hydrogen-bond donors (Lipinski definition) is 2. The number of carbonyl (C=O) groups excluding carboxylic acids is 1. The molecule has 0 aromatic heterocycles. The summed E-state index contributed by atoms with van der Waals surface area (Å²) in [6.07, 6.45) is 1.77. The van der Waals surface area contributed by atoms with Crippen LogP contribution in [0, 0.1) is 0 Å². The van der Waals surface area contributed by atoms with Crippen LogP contribution >= 0.6 is 11.9 Å². The van der Waals surface area contributed by atoms with Gasteiger partial charge in [-0.2, -0.15) is 0 Å². The van der Waals surface area contributed by atoms with Gasteiger partial charge in [0.1, 0.15) is 0 Å². The van der Waals surface area contributed by atoms with E-state index in [-0.39, 0.29) is 5.91 Å². The van der Waals surface area contributed by atoms with Gasteiger partial charge in [0.2, 0.25) is 5.91 Å². The molecular formula is C10H11N3O2S. The second-order valence-corrected chi connectivity index (χ2v) is 3.91. The minimum absolute atomic E-state index is 0.0883. The van der Waals surface area contributed by atoms with Crippen molar-refractivity contribution in [1.82, 2.24) is 10.0 Å². The molecule has 0 saturated carbocycles. The van der Waals surface area contributed by atoms with Gasteiger partial charge in [0.05, 0.1) is 0 Å². The third-order valence-corrected chi connectivity index (χ3v) is 2.40. The molecule has 0 atom stereocenters. The van der Waals surface area contributed by atoms with Crippen LogP contribution in [0.2, 0.25) is 0 Å². The summed E-state index contributed by atoms with van der Waals surface area (Å²) in [4.78, 5) is 16.2. The zero-order chi connectivity index (χ0) is 11.4. The smallest absolute Gasteiger partial charge is 0.221 e. The van der Waals surface area contributed by atoms with Gasteiger partial charge >= 0.3 is 0 Å². The van der Waals surface area contributed by atoms with Gasteiger partial charge in [-0.3, -0.25) is 10.2 Å². The summed E-state index contributed by atoms with van der Waals surface area (Å²) in [5.74, 6) is 0.604. The van der Waals surface area contributed by atoms with Gasteiger partial charge in [0.25, 0.3) is 0 Å². The second kappa shape index (κ2) is 4.91. The van der Waals surface area contributed by atoms with Crippen molar-refractivity contribution in [2.45, 2.75) is 6.92 Å². The first-order valence-electron chi connectivity index (χ1n) is 4.68. The number of nitrogens with zero attached hydrogens (tertiary/aromatic N) is 1. The topological polar surface area (TPSA) is 53.6 Å².